The van der Waals surface area contributed by atoms with Crippen molar-refractivity contribution >= 4 is 15.9 Å². The number of nitrogens with two attached hydrogens (primary N) is 1. The highest BCUT2D eigenvalue weighted by Gasteiger charge is 2.38. The van der Waals surface area contributed by atoms with Crippen LogP contribution in [-0.2, 0) is 4.74 Å². The highest BCUT2D eigenvalue weighted by Crippen LogP contribution is 2.49. The van der Waals surface area contributed by atoms with Crippen LogP contribution < -0.4 is 10.5 Å². The van der Waals surface area contributed by atoms with E-state index in [1.54, 1.807) is 7.11 Å². The molecule has 1 saturated carbocycles. The van der Waals surface area contributed by atoms with Gasteiger partial charge in [-0.3, -0.25) is 0 Å². The topological polar surface area (TPSA) is 44.5 Å². The highest BCUT2D eigenvalue weighted by atomic mass is 79.9. The summed E-state index contributed by atoms with van der Waals surface area (Å²) in [6.45, 7) is 3.41. The van der Waals surface area contributed by atoms with Crippen molar-refractivity contribution < 1.29 is 9.47 Å². The monoisotopic (exact) mass is 355 g/mol. The van der Waals surface area contributed by atoms with E-state index in [4.69, 9.17) is 15.2 Å². The maximum Gasteiger partial charge on any atom is 0.133 e. The second-order valence-corrected chi connectivity index (χ2v) is 6.79. The van der Waals surface area contributed by atoms with Crippen LogP contribution in [0.1, 0.15) is 50.6 Å². The summed E-state index contributed by atoms with van der Waals surface area (Å²) in [6, 6.07) is 6.33. The van der Waals surface area contributed by atoms with Crippen molar-refractivity contribution in [2.45, 2.75) is 45.1 Å². The van der Waals surface area contributed by atoms with E-state index in [1.807, 2.05) is 6.07 Å². The number of hydrogen-bond donors (Lipinski definition) is 1. The van der Waals surface area contributed by atoms with E-state index in [9.17, 15) is 0 Å². The summed E-state index contributed by atoms with van der Waals surface area (Å²) in [7, 11) is 1.67. The summed E-state index contributed by atoms with van der Waals surface area (Å²) in [5.74, 6) is 0.847. The van der Waals surface area contributed by atoms with Gasteiger partial charge in [-0.15, -0.1) is 0 Å². The van der Waals surface area contributed by atoms with Gasteiger partial charge >= 0.3 is 0 Å². The lowest BCUT2D eigenvalue weighted by Gasteiger charge is -2.35. The van der Waals surface area contributed by atoms with Gasteiger partial charge in [0.2, 0.25) is 0 Å². The molecule has 1 aromatic rings. The molecular formula is C17H26BrNO2. The molecule has 0 aromatic heterocycles. The second kappa shape index (κ2) is 7.61. The predicted octanol–water partition coefficient (Wildman–Crippen LogP) is 4.44. The van der Waals surface area contributed by atoms with Crippen molar-refractivity contribution in [3.05, 3.63) is 28.2 Å². The Morgan fingerprint density at radius 2 is 2.00 bits per heavy atom. The van der Waals surface area contributed by atoms with E-state index in [1.165, 1.54) is 31.2 Å². The van der Waals surface area contributed by atoms with Crippen molar-refractivity contribution in [2.24, 2.45) is 11.1 Å². The average Bonchev–Trinajstić information content (AvgIpc) is 2.98. The van der Waals surface area contributed by atoms with Crippen molar-refractivity contribution in [2.75, 3.05) is 20.3 Å². The van der Waals surface area contributed by atoms with Crippen LogP contribution in [0.4, 0.5) is 0 Å². The van der Waals surface area contributed by atoms with Crippen molar-refractivity contribution in [3.63, 3.8) is 0 Å². The molecule has 0 heterocycles. The molecule has 0 spiro atoms. The van der Waals surface area contributed by atoms with Crippen LogP contribution >= 0.6 is 15.9 Å². The Hall–Kier alpha value is -0.580. The van der Waals surface area contributed by atoms with Crippen LogP contribution in [0.15, 0.2) is 22.7 Å². The van der Waals surface area contributed by atoms with Gasteiger partial charge in [0.1, 0.15) is 12.4 Å². The van der Waals surface area contributed by atoms with Gasteiger partial charge in [0.15, 0.2) is 0 Å². The summed E-state index contributed by atoms with van der Waals surface area (Å²) < 4.78 is 11.6. The third-order valence-electron chi connectivity index (χ3n) is 4.82. The minimum Gasteiger partial charge on any atom is -0.490 e. The molecule has 1 atom stereocenters. The first-order chi connectivity index (χ1) is 10.1. The van der Waals surface area contributed by atoms with E-state index in [-0.39, 0.29) is 11.5 Å². The van der Waals surface area contributed by atoms with Crippen LogP contribution in [-0.4, -0.2) is 20.3 Å². The number of benzene rings is 1. The van der Waals surface area contributed by atoms with E-state index in [0.717, 1.165) is 16.6 Å². The van der Waals surface area contributed by atoms with E-state index in [0.29, 0.717) is 13.2 Å². The number of rotatable bonds is 7. The van der Waals surface area contributed by atoms with Crippen molar-refractivity contribution in [1.82, 2.24) is 0 Å². The fraction of sp³-hybridized carbons (Fsp3) is 0.647. The largest absolute Gasteiger partial charge is 0.490 e. The fourth-order valence-electron chi connectivity index (χ4n) is 3.38. The Labute approximate surface area is 136 Å². The first kappa shape index (κ1) is 16.8. The summed E-state index contributed by atoms with van der Waals surface area (Å²) in [5.41, 5.74) is 8.08. The van der Waals surface area contributed by atoms with Gasteiger partial charge < -0.3 is 15.2 Å². The number of methoxy groups -OCH3 is 1. The normalized spacial score (nSPS) is 18.7. The summed E-state index contributed by atoms with van der Waals surface area (Å²) in [6.07, 6.45) is 6.25. The molecule has 0 radical (unpaired) electrons. The Kier molecular flexibility index (Phi) is 6.08. The van der Waals surface area contributed by atoms with Crippen LogP contribution in [0.25, 0.3) is 0 Å². The van der Waals surface area contributed by atoms with Crippen LogP contribution in [0.2, 0.25) is 0 Å². The van der Waals surface area contributed by atoms with E-state index in [2.05, 4.69) is 35.0 Å². The van der Waals surface area contributed by atoms with Gasteiger partial charge in [-0.2, -0.15) is 0 Å². The Bertz CT molecular complexity index is 458. The van der Waals surface area contributed by atoms with Gasteiger partial charge in [-0.05, 0) is 58.3 Å². The minimum atomic E-state index is 0.106. The van der Waals surface area contributed by atoms with Crippen LogP contribution in [0.3, 0.4) is 0 Å². The predicted molar refractivity (Wildman–Crippen MR) is 89.6 cm³/mol. The molecule has 3 nitrogen and oxygen atoms in total. The lowest BCUT2D eigenvalue weighted by molar-refractivity contribution is 0.146. The number of hydrogen-bond acceptors (Lipinski definition) is 3. The lowest BCUT2D eigenvalue weighted by atomic mass is 9.74. The standard InChI is InChI=1S/C17H26BrNO2/c1-3-17(8-4-5-9-17)16(19)13-6-7-15(14(18)12-13)21-11-10-20-2/h6-7,12,16H,3-5,8-11,19H2,1-2H3. The van der Waals surface area contributed by atoms with E-state index >= 15 is 0 Å². The molecule has 1 unspecified atom stereocenters. The zero-order valence-electron chi connectivity index (χ0n) is 13.0. The van der Waals surface area contributed by atoms with Crippen LogP contribution in [0, 0.1) is 5.41 Å². The summed E-state index contributed by atoms with van der Waals surface area (Å²) in [4.78, 5) is 0. The molecule has 2 N–H and O–H groups in total. The Morgan fingerprint density at radius 3 is 2.57 bits per heavy atom. The zero-order valence-corrected chi connectivity index (χ0v) is 14.6. The number of halogens is 1. The SMILES string of the molecule is CCC1(C(N)c2ccc(OCCOC)c(Br)c2)CCCC1. The zero-order chi connectivity index (χ0) is 15.3. The third-order valence-corrected chi connectivity index (χ3v) is 5.44. The first-order valence-corrected chi connectivity index (χ1v) is 8.59. The van der Waals surface area contributed by atoms with Crippen molar-refractivity contribution in [1.29, 1.82) is 0 Å². The van der Waals surface area contributed by atoms with Crippen molar-refractivity contribution in [3.8, 4) is 5.75 Å². The van der Waals surface area contributed by atoms with E-state index < -0.39 is 0 Å². The van der Waals surface area contributed by atoms with Crippen LogP contribution in [0.5, 0.6) is 5.75 Å². The molecule has 1 aromatic carbocycles. The summed E-state index contributed by atoms with van der Waals surface area (Å²) >= 11 is 3.59. The molecule has 0 bridgehead atoms. The molecule has 1 fully saturated rings. The quantitative estimate of drug-likeness (QED) is 0.735. The van der Waals surface area contributed by atoms with Gasteiger partial charge in [-0.25, -0.2) is 0 Å². The molecule has 0 saturated heterocycles. The molecule has 0 aliphatic heterocycles. The second-order valence-electron chi connectivity index (χ2n) is 5.93. The van der Waals surface area contributed by atoms with Gasteiger partial charge in [0, 0.05) is 13.2 Å². The third kappa shape index (κ3) is 3.79. The lowest BCUT2D eigenvalue weighted by Crippen LogP contribution is -2.31. The molecule has 2 rings (SSSR count). The maximum atomic E-state index is 6.60. The first-order valence-electron chi connectivity index (χ1n) is 7.80. The molecule has 4 heteroatoms. The Morgan fingerprint density at radius 1 is 1.29 bits per heavy atom. The average molecular weight is 356 g/mol. The minimum absolute atomic E-state index is 0.106. The van der Waals surface area contributed by atoms with Gasteiger partial charge in [-0.1, -0.05) is 25.8 Å². The Balaban J connectivity index is 2.11. The van der Waals surface area contributed by atoms with Gasteiger partial charge in [0.05, 0.1) is 11.1 Å². The maximum absolute atomic E-state index is 6.60. The molecule has 1 aliphatic carbocycles. The molecule has 21 heavy (non-hydrogen) atoms. The molecule has 0 amide bonds. The molecule has 118 valence electrons. The highest BCUT2D eigenvalue weighted by molar-refractivity contribution is 9.10. The summed E-state index contributed by atoms with van der Waals surface area (Å²) in [5, 5.41) is 0. The fourth-order valence-corrected chi connectivity index (χ4v) is 3.89. The molecular weight excluding hydrogens is 330 g/mol. The molecule has 1 aliphatic rings. The smallest absolute Gasteiger partial charge is 0.133 e. The van der Waals surface area contributed by atoms with Gasteiger partial charge in [0.25, 0.3) is 0 Å². The number of ether oxygens (including phenoxy) is 2.